The van der Waals surface area contributed by atoms with Crippen molar-refractivity contribution in [2.24, 2.45) is 0 Å². The first-order valence-electron chi connectivity index (χ1n) is 15.0. The van der Waals surface area contributed by atoms with Gasteiger partial charge >= 0.3 is 6.16 Å². The summed E-state index contributed by atoms with van der Waals surface area (Å²) >= 11 is 0. The summed E-state index contributed by atoms with van der Waals surface area (Å²) < 4.78 is 10.3. The molecule has 1 aliphatic rings. The van der Waals surface area contributed by atoms with Crippen molar-refractivity contribution in [3.05, 3.63) is 117 Å². The maximum atomic E-state index is 12.9. The van der Waals surface area contributed by atoms with Gasteiger partial charge < -0.3 is 14.3 Å². The molecule has 3 aromatic carbocycles. The summed E-state index contributed by atoms with van der Waals surface area (Å²) in [7, 11) is 0. The lowest BCUT2D eigenvalue weighted by atomic mass is 9.98. The Balaban J connectivity index is 1.08. The summed E-state index contributed by atoms with van der Waals surface area (Å²) in [6.07, 6.45) is 0.115. The van der Waals surface area contributed by atoms with Gasteiger partial charge in [-0.2, -0.15) is 0 Å². The molecule has 0 saturated heterocycles. The summed E-state index contributed by atoms with van der Waals surface area (Å²) in [5.74, 6) is 1.69. The molecule has 6 rings (SSSR count). The van der Waals surface area contributed by atoms with E-state index in [1.807, 2.05) is 62.4 Å². The predicted molar refractivity (Wildman–Crippen MR) is 169 cm³/mol. The van der Waals surface area contributed by atoms with E-state index >= 15 is 0 Å². The van der Waals surface area contributed by atoms with Gasteiger partial charge in [0.15, 0.2) is 0 Å². The Kier molecular flexibility index (Phi) is 9.27. The van der Waals surface area contributed by atoms with Crippen LogP contribution in [0.15, 0.2) is 72.8 Å². The summed E-state index contributed by atoms with van der Waals surface area (Å²) in [4.78, 5) is 51.8. The van der Waals surface area contributed by atoms with Gasteiger partial charge in [0.05, 0.1) is 6.54 Å². The number of carbonyl (C=O) groups is 2. The predicted octanol–water partition coefficient (Wildman–Crippen LogP) is 4.91. The molecular weight excluding hydrogens is 620 g/mol. The van der Waals surface area contributed by atoms with Crippen LogP contribution in [0.2, 0.25) is 0 Å². The number of benzene rings is 3. The Morgan fingerprint density at radius 1 is 0.896 bits per heavy atom. The summed E-state index contributed by atoms with van der Waals surface area (Å²) in [6, 6.07) is 22.2. The van der Waals surface area contributed by atoms with E-state index in [1.165, 1.54) is 0 Å². The second-order valence-corrected chi connectivity index (χ2v) is 11.0. The highest BCUT2D eigenvalue weighted by molar-refractivity contribution is 5.95. The molecule has 0 radical (unpaired) electrons. The average Bonchev–Trinajstić information content (AvgIpc) is 3.56. The number of tetrazole rings is 1. The number of anilines is 1. The lowest BCUT2D eigenvalue weighted by Crippen LogP contribution is -2.36. The average molecular weight is 651 g/mol. The highest BCUT2D eigenvalue weighted by Crippen LogP contribution is 2.32. The second-order valence-electron chi connectivity index (χ2n) is 11.0. The summed E-state index contributed by atoms with van der Waals surface area (Å²) in [5.41, 5.74) is 6.54. The van der Waals surface area contributed by atoms with Crippen LogP contribution in [0.4, 0.5) is 10.6 Å². The number of hydrogen-bond donors (Lipinski definition) is 0. The van der Waals surface area contributed by atoms with Crippen LogP contribution in [0.5, 0.6) is 0 Å². The first-order valence-corrected chi connectivity index (χ1v) is 15.0. The van der Waals surface area contributed by atoms with Crippen LogP contribution in [0.1, 0.15) is 40.2 Å². The number of rotatable bonds is 11. The van der Waals surface area contributed by atoms with Crippen LogP contribution in [-0.4, -0.2) is 47.3 Å². The maximum absolute atomic E-state index is 12.9. The molecule has 2 aromatic heterocycles. The summed E-state index contributed by atoms with van der Waals surface area (Å²) in [6.45, 7) is 3.52. The number of ether oxygens (including phenoxy) is 2. The Morgan fingerprint density at radius 3 is 2.42 bits per heavy atom. The van der Waals surface area contributed by atoms with Gasteiger partial charge in [0.2, 0.25) is 18.5 Å². The second kappa shape index (κ2) is 14.0. The van der Waals surface area contributed by atoms with E-state index in [2.05, 4.69) is 30.2 Å². The van der Waals surface area contributed by atoms with Crippen molar-refractivity contribution in [1.29, 1.82) is 0 Å². The molecule has 3 heterocycles. The highest BCUT2D eigenvalue weighted by Gasteiger charge is 2.28. The molecule has 15 heteroatoms. The van der Waals surface area contributed by atoms with Gasteiger partial charge in [0.25, 0.3) is 5.09 Å². The quantitative estimate of drug-likeness (QED) is 0.107. The van der Waals surface area contributed by atoms with E-state index in [1.54, 1.807) is 29.2 Å². The normalized spacial score (nSPS) is 12.4. The first kappa shape index (κ1) is 31.7. The van der Waals surface area contributed by atoms with E-state index in [0.717, 1.165) is 38.3 Å². The van der Waals surface area contributed by atoms with Crippen LogP contribution in [0.3, 0.4) is 0 Å². The van der Waals surface area contributed by atoms with Gasteiger partial charge in [0, 0.05) is 23.2 Å². The number of aryl methyl sites for hydroxylation is 2. The van der Waals surface area contributed by atoms with E-state index in [4.69, 9.17) is 9.47 Å². The van der Waals surface area contributed by atoms with Gasteiger partial charge in [-0.1, -0.05) is 72.8 Å². The van der Waals surface area contributed by atoms with Gasteiger partial charge in [-0.05, 0) is 53.3 Å². The fourth-order valence-corrected chi connectivity index (χ4v) is 5.42. The molecule has 5 aromatic rings. The van der Waals surface area contributed by atoms with E-state index < -0.39 is 11.2 Å². The Labute approximate surface area is 274 Å². The SMILES string of the molecule is Cc1nc(C)c2c(n1)N(Cc1ccc(-c3ccccc3-c3nnn(COC(=O)OCc4cccc(CO[N+](=O)[O-])c4)n3)cc1)C(=O)CC2. The van der Waals surface area contributed by atoms with Crippen LogP contribution >= 0.6 is 0 Å². The maximum Gasteiger partial charge on any atom is 0.510 e. The molecular formula is C33H30N8O7. The molecule has 0 bridgehead atoms. The minimum atomic E-state index is -0.950. The summed E-state index contributed by atoms with van der Waals surface area (Å²) in [5, 5.41) is 22.1. The number of amides is 1. The Hall–Kier alpha value is -6.25. The molecule has 0 spiro atoms. The van der Waals surface area contributed by atoms with Crippen molar-refractivity contribution in [3.8, 4) is 22.5 Å². The Morgan fingerprint density at radius 2 is 1.65 bits per heavy atom. The first-order chi connectivity index (χ1) is 23.2. The molecule has 1 aliphatic heterocycles. The number of hydrogen-bond acceptors (Lipinski definition) is 12. The highest BCUT2D eigenvalue weighted by atomic mass is 16.9. The van der Waals surface area contributed by atoms with Gasteiger partial charge in [-0.15, -0.1) is 25.1 Å². The van der Waals surface area contributed by atoms with Crippen LogP contribution in [0, 0.1) is 24.0 Å². The lowest BCUT2D eigenvalue weighted by molar-refractivity contribution is -0.763. The molecule has 1 amide bonds. The van der Waals surface area contributed by atoms with Crippen molar-refractivity contribution in [3.63, 3.8) is 0 Å². The number of nitrogens with zero attached hydrogens (tertiary/aromatic N) is 8. The van der Waals surface area contributed by atoms with Crippen molar-refractivity contribution in [2.75, 3.05) is 4.90 Å². The van der Waals surface area contributed by atoms with Crippen molar-refractivity contribution < 1.29 is 29.0 Å². The Bertz CT molecular complexity index is 1980. The van der Waals surface area contributed by atoms with Gasteiger partial charge in [-0.25, -0.2) is 14.8 Å². The molecule has 48 heavy (non-hydrogen) atoms. The van der Waals surface area contributed by atoms with Crippen LogP contribution in [0.25, 0.3) is 22.5 Å². The molecule has 0 atom stereocenters. The van der Waals surface area contributed by atoms with Crippen LogP contribution in [-0.2, 0) is 52.0 Å². The molecule has 0 fully saturated rings. The number of carbonyl (C=O) groups excluding carboxylic acids is 2. The van der Waals surface area contributed by atoms with E-state index in [9.17, 15) is 19.7 Å². The molecule has 0 aliphatic carbocycles. The van der Waals surface area contributed by atoms with Crippen LogP contribution < -0.4 is 4.90 Å². The number of fused-ring (bicyclic) bond motifs is 1. The fraction of sp³-hybridized carbons (Fsp3) is 0.242. The van der Waals surface area contributed by atoms with Gasteiger partial charge in [0.1, 0.15) is 24.9 Å². The number of aromatic nitrogens is 6. The van der Waals surface area contributed by atoms with E-state index in [-0.39, 0.29) is 25.9 Å². The topological polar surface area (TPSA) is 178 Å². The van der Waals surface area contributed by atoms with Crippen molar-refractivity contribution in [2.45, 2.75) is 53.2 Å². The zero-order valence-electron chi connectivity index (χ0n) is 26.1. The third-order valence-electron chi connectivity index (χ3n) is 7.66. The van der Waals surface area contributed by atoms with E-state index in [0.29, 0.717) is 48.0 Å². The van der Waals surface area contributed by atoms with Crippen molar-refractivity contribution >= 4 is 17.9 Å². The fourth-order valence-electron chi connectivity index (χ4n) is 5.42. The molecule has 0 N–H and O–H groups in total. The molecule has 0 saturated carbocycles. The molecule has 244 valence electrons. The van der Waals surface area contributed by atoms with Gasteiger partial charge in [-0.3, -0.25) is 9.69 Å². The third kappa shape index (κ3) is 7.41. The largest absolute Gasteiger partial charge is 0.510 e. The standard InChI is InChI=1S/C33H30N8O7/c1-21-27-14-15-30(42)39(32(27)35-22(2)34-21)17-23-10-12-26(13-11-23)28-8-3-4-9-29(28)31-36-38-40(37-31)20-47-33(43)46-18-24-6-5-7-25(16-24)19-48-41(44)45/h3-13,16H,14-15,17-20H2,1-2H3. The lowest BCUT2D eigenvalue weighted by Gasteiger charge is -2.29. The third-order valence-corrected chi connectivity index (χ3v) is 7.66. The minimum Gasteiger partial charge on any atom is -0.429 e. The monoisotopic (exact) mass is 650 g/mol. The zero-order valence-corrected chi connectivity index (χ0v) is 26.1. The smallest absolute Gasteiger partial charge is 0.429 e. The zero-order chi connectivity index (χ0) is 33.6. The molecule has 15 nitrogen and oxygen atoms in total. The minimum absolute atomic E-state index is 0.0357. The molecule has 0 unspecified atom stereocenters. The van der Waals surface area contributed by atoms with Crippen molar-refractivity contribution in [1.82, 2.24) is 30.2 Å².